The number of carbonyl (C=O) groups is 1. The summed E-state index contributed by atoms with van der Waals surface area (Å²) in [5.41, 5.74) is 3.53. The molecule has 1 amide bonds. The Bertz CT molecular complexity index is 953. The second-order valence-electron chi connectivity index (χ2n) is 6.05. The van der Waals surface area contributed by atoms with Crippen molar-refractivity contribution in [1.29, 1.82) is 0 Å². The van der Waals surface area contributed by atoms with Crippen molar-refractivity contribution in [3.63, 3.8) is 0 Å². The monoisotopic (exact) mass is 366 g/mol. The second kappa shape index (κ2) is 6.80. The molecule has 0 aliphatic carbocycles. The molecule has 6 heteroatoms. The Labute approximate surface area is 155 Å². The van der Waals surface area contributed by atoms with Gasteiger partial charge in [-0.2, -0.15) is 4.37 Å². The highest BCUT2D eigenvalue weighted by Crippen LogP contribution is 2.47. The van der Waals surface area contributed by atoms with E-state index in [-0.39, 0.29) is 11.8 Å². The number of anilines is 1. The summed E-state index contributed by atoms with van der Waals surface area (Å²) < 4.78 is 15.5. The van der Waals surface area contributed by atoms with Gasteiger partial charge in [0.1, 0.15) is 17.2 Å². The Morgan fingerprint density at radius 3 is 2.65 bits per heavy atom. The minimum absolute atomic E-state index is 0.0234. The van der Waals surface area contributed by atoms with Crippen molar-refractivity contribution in [3.05, 3.63) is 59.0 Å². The summed E-state index contributed by atoms with van der Waals surface area (Å²) >= 11 is 1.42. The van der Waals surface area contributed by atoms with Crippen LogP contribution in [0.15, 0.2) is 48.5 Å². The predicted octanol–water partition coefficient (Wildman–Crippen LogP) is 4.30. The number of ether oxygens (including phenoxy) is 2. The van der Waals surface area contributed by atoms with Gasteiger partial charge in [0, 0.05) is 23.5 Å². The lowest BCUT2D eigenvalue weighted by Crippen LogP contribution is -2.22. The number of benzene rings is 2. The number of hydrogen-bond acceptors (Lipinski definition) is 5. The summed E-state index contributed by atoms with van der Waals surface area (Å²) in [6.45, 7) is 0. The lowest BCUT2D eigenvalue weighted by Gasteiger charge is -2.24. The first kappa shape index (κ1) is 16.6. The molecule has 0 unspecified atom stereocenters. The molecule has 1 atom stereocenters. The molecule has 26 heavy (non-hydrogen) atoms. The number of carbonyl (C=O) groups excluding carboxylic acids is 1. The number of aromatic nitrogens is 1. The van der Waals surface area contributed by atoms with Crippen molar-refractivity contribution in [1.82, 2.24) is 4.37 Å². The van der Waals surface area contributed by atoms with E-state index in [1.807, 2.05) is 48.5 Å². The molecular weight excluding hydrogens is 348 g/mol. The molecule has 0 bridgehead atoms. The standard InChI is InChI=1S/C20H18N2O3S/c1-24-13-8-9-16(25-2)14(10-13)15-11-17(23)21-19-18(22-26-20(15)19)12-6-4-3-5-7-12/h3-10,15H,11H2,1-2H3,(H,21,23)/t15-/m0/s1. The number of hydrogen-bond donors (Lipinski definition) is 1. The third kappa shape index (κ3) is 2.82. The van der Waals surface area contributed by atoms with Crippen molar-refractivity contribution in [3.8, 4) is 22.8 Å². The van der Waals surface area contributed by atoms with Crippen LogP contribution in [0.1, 0.15) is 22.8 Å². The molecule has 0 radical (unpaired) electrons. The van der Waals surface area contributed by atoms with E-state index in [9.17, 15) is 4.79 Å². The average Bonchev–Trinajstić information content (AvgIpc) is 3.11. The van der Waals surface area contributed by atoms with Gasteiger partial charge in [-0.05, 0) is 29.7 Å². The van der Waals surface area contributed by atoms with Crippen LogP contribution in [0.4, 0.5) is 5.69 Å². The van der Waals surface area contributed by atoms with Gasteiger partial charge in [-0.3, -0.25) is 4.79 Å². The molecule has 5 nitrogen and oxygen atoms in total. The highest BCUT2D eigenvalue weighted by molar-refractivity contribution is 7.07. The maximum absolute atomic E-state index is 12.4. The molecular formula is C20H18N2O3S. The zero-order valence-corrected chi connectivity index (χ0v) is 15.3. The van der Waals surface area contributed by atoms with Gasteiger partial charge in [-0.25, -0.2) is 0 Å². The molecule has 2 aromatic carbocycles. The van der Waals surface area contributed by atoms with Crippen molar-refractivity contribution in [2.45, 2.75) is 12.3 Å². The van der Waals surface area contributed by atoms with Gasteiger partial charge in [0.25, 0.3) is 0 Å². The van der Waals surface area contributed by atoms with E-state index >= 15 is 0 Å². The van der Waals surface area contributed by atoms with Crippen molar-refractivity contribution in [2.75, 3.05) is 19.5 Å². The predicted molar refractivity (Wildman–Crippen MR) is 102 cm³/mol. The first-order valence-electron chi connectivity index (χ1n) is 8.28. The molecule has 4 rings (SSSR count). The summed E-state index contributed by atoms with van der Waals surface area (Å²) in [5.74, 6) is 1.34. The molecule has 1 aliphatic heterocycles. The number of rotatable bonds is 4. The number of amides is 1. The van der Waals surface area contributed by atoms with Crippen LogP contribution in [0.25, 0.3) is 11.3 Å². The number of nitrogens with zero attached hydrogens (tertiary/aromatic N) is 1. The lowest BCUT2D eigenvalue weighted by atomic mass is 9.89. The van der Waals surface area contributed by atoms with Crippen LogP contribution < -0.4 is 14.8 Å². The molecule has 0 fully saturated rings. The highest BCUT2D eigenvalue weighted by atomic mass is 32.1. The van der Waals surface area contributed by atoms with Crippen molar-refractivity contribution >= 4 is 23.1 Å². The van der Waals surface area contributed by atoms with Crippen LogP contribution in [0, 0.1) is 0 Å². The Morgan fingerprint density at radius 2 is 1.92 bits per heavy atom. The van der Waals surface area contributed by atoms with Crippen LogP contribution in [0.3, 0.4) is 0 Å². The fourth-order valence-electron chi connectivity index (χ4n) is 3.29. The average molecular weight is 366 g/mol. The minimum atomic E-state index is -0.112. The van der Waals surface area contributed by atoms with E-state index in [4.69, 9.17) is 9.47 Å². The van der Waals surface area contributed by atoms with E-state index < -0.39 is 0 Å². The van der Waals surface area contributed by atoms with Gasteiger partial charge in [-0.15, -0.1) is 0 Å². The normalized spacial score (nSPS) is 15.9. The summed E-state index contributed by atoms with van der Waals surface area (Å²) in [6.07, 6.45) is 0.354. The summed E-state index contributed by atoms with van der Waals surface area (Å²) in [4.78, 5) is 13.5. The van der Waals surface area contributed by atoms with Crippen molar-refractivity contribution < 1.29 is 14.3 Å². The van der Waals surface area contributed by atoms with Gasteiger partial charge >= 0.3 is 0 Å². The number of nitrogens with one attached hydrogen (secondary N) is 1. The first-order chi connectivity index (χ1) is 12.7. The first-order valence-corrected chi connectivity index (χ1v) is 9.05. The van der Waals surface area contributed by atoms with Crippen LogP contribution in [-0.4, -0.2) is 24.5 Å². The van der Waals surface area contributed by atoms with E-state index in [0.29, 0.717) is 6.42 Å². The zero-order valence-electron chi connectivity index (χ0n) is 14.5. The Kier molecular flexibility index (Phi) is 4.34. The van der Waals surface area contributed by atoms with E-state index in [2.05, 4.69) is 9.69 Å². The lowest BCUT2D eigenvalue weighted by molar-refractivity contribution is -0.116. The maximum atomic E-state index is 12.4. The second-order valence-corrected chi connectivity index (χ2v) is 6.85. The molecule has 2 heterocycles. The minimum Gasteiger partial charge on any atom is -0.497 e. The van der Waals surface area contributed by atoms with Gasteiger partial charge in [0.05, 0.1) is 24.8 Å². The SMILES string of the molecule is COc1ccc(OC)c([C@@H]2CC(=O)Nc3c(-c4ccccc4)nsc32)c1. The Morgan fingerprint density at radius 1 is 1.12 bits per heavy atom. The third-order valence-corrected chi connectivity index (χ3v) is 5.51. The molecule has 0 saturated heterocycles. The summed E-state index contributed by atoms with van der Waals surface area (Å²) in [5, 5.41) is 3.01. The molecule has 1 aliphatic rings. The Hall–Kier alpha value is -2.86. The van der Waals surface area contributed by atoms with E-state index in [0.717, 1.165) is 38.9 Å². The van der Waals surface area contributed by atoms with Crippen LogP contribution in [-0.2, 0) is 4.79 Å². The molecule has 1 aromatic heterocycles. The number of methoxy groups -OCH3 is 2. The molecule has 132 valence electrons. The van der Waals surface area contributed by atoms with Crippen LogP contribution in [0.2, 0.25) is 0 Å². The summed E-state index contributed by atoms with van der Waals surface area (Å²) in [7, 11) is 3.27. The highest BCUT2D eigenvalue weighted by Gasteiger charge is 2.33. The summed E-state index contributed by atoms with van der Waals surface area (Å²) in [6, 6.07) is 15.6. The maximum Gasteiger partial charge on any atom is 0.225 e. The Balaban J connectivity index is 1.85. The largest absolute Gasteiger partial charge is 0.497 e. The molecule has 0 saturated carbocycles. The van der Waals surface area contributed by atoms with Crippen LogP contribution in [0.5, 0.6) is 11.5 Å². The molecule has 1 N–H and O–H groups in total. The topological polar surface area (TPSA) is 60.5 Å². The number of fused-ring (bicyclic) bond motifs is 1. The third-order valence-electron chi connectivity index (χ3n) is 4.55. The molecule has 0 spiro atoms. The fraction of sp³-hybridized carbons (Fsp3) is 0.200. The fourth-order valence-corrected chi connectivity index (χ4v) is 4.25. The van der Waals surface area contributed by atoms with Gasteiger partial charge < -0.3 is 14.8 Å². The smallest absolute Gasteiger partial charge is 0.225 e. The van der Waals surface area contributed by atoms with E-state index in [1.54, 1.807) is 14.2 Å². The van der Waals surface area contributed by atoms with Crippen molar-refractivity contribution in [2.24, 2.45) is 0 Å². The zero-order chi connectivity index (χ0) is 18.1. The quantitative estimate of drug-likeness (QED) is 0.748. The molecule has 3 aromatic rings. The van der Waals surface area contributed by atoms with Gasteiger partial charge in [-0.1, -0.05) is 30.3 Å². The van der Waals surface area contributed by atoms with Gasteiger partial charge in [0.2, 0.25) is 5.91 Å². The van der Waals surface area contributed by atoms with Gasteiger partial charge in [0.15, 0.2) is 0 Å². The van der Waals surface area contributed by atoms with Crippen LogP contribution >= 0.6 is 11.5 Å². The van der Waals surface area contributed by atoms with E-state index in [1.165, 1.54) is 11.5 Å².